The van der Waals surface area contributed by atoms with Crippen LogP contribution in [0.2, 0.25) is 0 Å². The maximum atomic E-state index is 13.6. The highest BCUT2D eigenvalue weighted by Crippen LogP contribution is 2.15. The summed E-state index contributed by atoms with van der Waals surface area (Å²) in [6.45, 7) is 5.02. The SMILES string of the molecule is CCC(CC)N(CCO)CCC(=O)c1cccc(F)c1F. The van der Waals surface area contributed by atoms with Gasteiger partial charge >= 0.3 is 0 Å². The van der Waals surface area contributed by atoms with Crippen molar-refractivity contribution in [1.29, 1.82) is 0 Å². The fraction of sp³-hybridized carbons (Fsp3) is 0.562. The van der Waals surface area contributed by atoms with Gasteiger partial charge < -0.3 is 5.11 Å². The summed E-state index contributed by atoms with van der Waals surface area (Å²) in [5, 5.41) is 9.10. The van der Waals surface area contributed by atoms with E-state index in [1.807, 2.05) is 18.7 Å². The van der Waals surface area contributed by atoms with Gasteiger partial charge in [-0.3, -0.25) is 9.69 Å². The molecule has 1 N–H and O–H groups in total. The lowest BCUT2D eigenvalue weighted by molar-refractivity contribution is 0.0922. The highest BCUT2D eigenvalue weighted by Gasteiger charge is 2.19. The van der Waals surface area contributed by atoms with E-state index in [9.17, 15) is 13.6 Å². The van der Waals surface area contributed by atoms with E-state index in [0.29, 0.717) is 13.1 Å². The van der Waals surface area contributed by atoms with Crippen LogP contribution in [0, 0.1) is 11.6 Å². The summed E-state index contributed by atoms with van der Waals surface area (Å²) in [6.07, 6.45) is 1.94. The molecule has 21 heavy (non-hydrogen) atoms. The molecule has 0 aliphatic carbocycles. The molecule has 3 nitrogen and oxygen atoms in total. The summed E-state index contributed by atoms with van der Waals surface area (Å²) in [5.41, 5.74) is -0.205. The van der Waals surface area contributed by atoms with E-state index in [-0.39, 0.29) is 24.6 Å². The number of hydrogen-bond acceptors (Lipinski definition) is 3. The molecule has 118 valence electrons. The molecule has 0 aliphatic rings. The lowest BCUT2D eigenvalue weighted by Crippen LogP contribution is -2.38. The molecule has 0 aliphatic heterocycles. The van der Waals surface area contributed by atoms with Crippen LogP contribution in [0.3, 0.4) is 0 Å². The third kappa shape index (κ3) is 4.86. The van der Waals surface area contributed by atoms with Crippen LogP contribution in [-0.4, -0.2) is 41.5 Å². The Bertz CT molecular complexity index is 462. The number of aliphatic hydroxyl groups excluding tert-OH is 1. The van der Waals surface area contributed by atoms with Gasteiger partial charge in [-0.25, -0.2) is 8.78 Å². The highest BCUT2D eigenvalue weighted by atomic mass is 19.2. The minimum absolute atomic E-state index is 0.0129. The zero-order valence-corrected chi connectivity index (χ0v) is 12.6. The van der Waals surface area contributed by atoms with Crippen molar-refractivity contribution >= 4 is 5.78 Å². The van der Waals surface area contributed by atoms with Crippen molar-refractivity contribution in [2.24, 2.45) is 0 Å². The molecular formula is C16H23F2NO2. The molecular weight excluding hydrogens is 276 g/mol. The predicted octanol–water partition coefficient (Wildman–Crippen LogP) is 3.02. The van der Waals surface area contributed by atoms with E-state index in [1.54, 1.807) is 0 Å². The average Bonchev–Trinajstić information content (AvgIpc) is 2.48. The quantitative estimate of drug-likeness (QED) is 0.713. The van der Waals surface area contributed by atoms with E-state index in [0.717, 1.165) is 18.9 Å². The first-order valence-corrected chi connectivity index (χ1v) is 7.37. The van der Waals surface area contributed by atoms with Crippen molar-refractivity contribution < 1.29 is 18.7 Å². The number of benzene rings is 1. The molecule has 1 rings (SSSR count). The van der Waals surface area contributed by atoms with Gasteiger partial charge in [0.2, 0.25) is 0 Å². The Balaban J connectivity index is 2.71. The average molecular weight is 299 g/mol. The molecule has 1 aromatic rings. The Morgan fingerprint density at radius 2 is 1.90 bits per heavy atom. The molecule has 0 fully saturated rings. The van der Waals surface area contributed by atoms with Gasteiger partial charge in [-0.2, -0.15) is 0 Å². The van der Waals surface area contributed by atoms with E-state index >= 15 is 0 Å². The Hall–Kier alpha value is -1.33. The smallest absolute Gasteiger partial charge is 0.169 e. The first-order valence-electron chi connectivity index (χ1n) is 7.37. The summed E-state index contributed by atoms with van der Waals surface area (Å²) in [6, 6.07) is 3.91. The van der Waals surface area contributed by atoms with Gasteiger partial charge in [0.05, 0.1) is 12.2 Å². The topological polar surface area (TPSA) is 40.5 Å². The van der Waals surface area contributed by atoms with Gasteiger partial charge in [0.15, 0.2) is 17.4 Å². The summed E-state index contributed by atoms with van der Waals surface area (Å²) in [5.74, 6) is -2.51. The van der Waals surface area contributed by atoms with Crippen LogP contribution in [0.25, 0.3) is 0 Å². The second kappa shape index (κ2) is 8.85. The zero-order valence-electron chi connectivity index (χ0n) is 12.6. The summed E-state index contributed by atoms with van der Waals surface area (Å²) in [7, 11) is 0. The summed E-state index contributed by atoms with van der Waals surface area (Å²) < 4.78 is 26.7. The number of halogens is 2. The second-order valence-corrected chi connectivity index (χ2v) is 5.00. The van der Waals surface area contributed by atoms with Crippen LogP contribution < -0.4 is 0 Å². The van der Waals surface area contributed by atoms with Crippen LogP contribution >= 0.6 is 0 Å². The van der Waals surface area contributed by atoms with Crippen molar-refractivity contribution in [2.75, 3.05) is 19.7 Å². The Kier molecular flexibility index (Phi) is 7.47. The molecule has 0 saturated carbocycles. The first-order chi connectivity index (χ1) is 10.0. The normalized spacial score (nSPS) is 11.4. The van der Waals surface area contributed by atoms with Crippen molar-refractivity contribution in [3.63, 3.8) is 0 Å². The molecule has 0 atom stereocenters. The highest BCUT2D eigenvalue weighted by molar-refractivity contribution is 5.96. The molecule has 5 heteroatoms. The van der Waals surface area contributed by atoms with Crippen LogP contribution in [0.5, 0.6) is 0 Å². The van der Waals surface area contributed by atoms with Gasteiger partial charge in [0, 0.05) is 25.6 Å². The van der Waals surface area contributed by atoms with Gasteiger partial charge in [-0.1, -0.05) is 19.9 Å². The number of Topliss-reactive ketones (excluding diaryl/α,β-unsaturated/α-hetero) is 1. The monoisotopic (exact) mass is 299 g/mol. The fourth-order valence-electron chi connectivity index (χ4n) is 2.51. The molecule has 0 spiro atoms. The minimum Gasteiger partial charge on any atom is -0.395 e. The van der Waals surface area contributed by atoms with Crippen molar-refractivity contribution in [2.45, 2.75) is 39.2 Å². The third-order valence-electron chi connectivity index (χ3n) is 3.72. The Morgan fingerprint density at radius 1 is 1.24 bits per heavy atom. The molecule has 0 radical (unpaired) electrons. The Labute approximate surface area is 124 Å². The molecule has 1 aromatic carbocycles. The van der Waals surface area contributed by atoms with Crippen LogP contribution in [0.4, 0.5) is 8.78 Å². The summed E-state index contributed by atoms with van der Waals surface area (Å²) in [4.78, 5) is 14.1. The van der Waals surface area contributed by atoms with Crippen LogP contribution in [-0.2, 0) is 0 Å². The molecule has 0 saturated heterocycles. The number of rotatable bonds is 9. The summed E-state index contributed by atoms with van der Waals surface area (Å²) >= 11 is 0. The van der Waals surface area contributed by atoms with E-state index in [2.05, 4.69) is 0 Å². The van der Waals surface area contributed by atoms with Gasteiger partial charge in [-0.15, -0.1) is 0 Å². The number of ketones is 1. The van der Waals surface area contributed by atoms with Crippen LogP contribution in [0.1, 0.15) is 43.5 Å². The van der Waals surface area contributed by atoms with Crippen LogP contribution in [0.15, 0.2) is 18.2 Å². The van der Waals surface area contributed by atoms with E-state index < -0.39 is 17.4 Å². The van der Waals surface area contributed by atoms with E-state index in [1.165, 1.54) is 12.1 Å². The van der Waals surface area contributed by atoms with Crippen molar-refractivity contribution in [3.05, 3.63) is 35.4 Å². The van der Waals surface area contributed by atoms with Crippen molar-refractivity contribution in [3.8, 4) is 0 Å². The molecule has 0 amide bonds. The standard InChI is InChI=1S/C16H23F2NO2/c1-3-12(4-2)19(10-11-20)9-8-15(21)13-6-5-7-14(17)16(13)18/h5-7,12,20H,3-4,8-11H2,1-2H3. The van der Waals surface area contributed by atoms with Crippen molar-refractivity contribution in [1.82, 2.24) is 4.90 Å². The maximum Gasteiger partial charge on any atom is 0.169 e. The minimum atomic E-state index is -1.08. The lowest BCUT2D eigenvalue weighted by atomic mass is 10.1. The molecule has 0 unspecified atom stereocenters. The predicted molar refractivity (Wildman–Crippen MR) is 78.3 cm³/mol. The lowest BCUT2D eigenvalue weighted by Gasteiger charge is -2.29. The number of carbonyl (C=O) groups excluding carboxylic acids is 1. The maximum absolute atomic E-state index is 13.6. The third-order valence-corrected chi connectivity index (χ3v) is 3.72. The first kappa shape index (κ1) is 17.7. The number of aliphatic hydroxyl groups is 1. The molecule has 0 bridgehead atoms. The number of nitrogens with zero attached hydrogens (tertiary/aromatic N) is 1. The Morgan fingerprint density at radius 3 is 2.48 bits per heavy atom. The van der Waals surface area contributed by atoms with Gasteiger partial charge in [0.1, 0.15) is 0 Å². The molecule has 0 heterocycles. The van der Waals surface area contributed by atoms with E-state index in [4.69, 9.17) is 5.11 Å². The fourth-order valence-corrected chi connectivity index (χ4v) is 2.51. The zero-order chi connectivity index (χ0) is 15.8. The number of carbonyl (C=O) groups is 1. The van der Waals surface area contributed by atoms with Gasteiger partial charge in [0.25, 0.3) is 0 Å². The molecule has 0 aromatic heterocycles. The van der Waals surface area contributed by atoms with Gasteiger partial charge in [-0.05, 0) is 25.0 Å². The number of hydrogen-bond donors (Lipinski definition) is 1. The second-order valence-electron chi connectivity index (χ2n) is 5.00. The largest absolute Gasteiger partial charge is 0.395 e.